The van der Waals surface area contributed by atoms with Gasteiger partial charge in [-0.05, 0) is 48.2 Å². The zero-order valence-corrected chi connectivity index (χ0v) is 24.0. The summed E-state index contributed by atoms with van der Waals surface area (Å²) in [5, 5.41) is 5.23. The average molecular weight is 577 g/mol. The van der Waals surface area contributed by atoms with Crippen molar-refractivity contribution in [1.82, 2.24) is 25.2 Å². The Hall–Kier alpha value is -3.50. The highest BCUT2D eigenvalue weighted by Crippen LogP contribution is 2.41. The van der Waals surface area contributed by atoms with Crippen molar-refractivity contribution in [2.45, 2.75) is 44.3 Å². The van der Waals surface area contributed by atoms with E-state index in [1.807, 2.05) is 31.0 Å². The van der Waals surface area contributed by atoms with Gasteiger partial charge < -0.3 is 15.0 Å². The van der Waals surface area contributed by atoms with Gasteiger partial charge in [-0.15, -0.1) is 0 Å². The first-order chi connectivity index (χ1) is 20.4. The highest BCUT2D eigenvalue weighted by Gasteiger charge is 2.49. The SMILES string of the molecule is CCc1c(F)ccc2cccc(-c3ncc4c(N(C)CC5CNC5)nc(OC[C@@]56CCCN5C[C@H](F)C6)nc4c3F)c12. The Labute approximate surface area is 243 Å². The molecule has 0 unspecified atom stereocenters. The normalized spacial score (nSPS) is 22.5. The molecule has 1 N–H and O–H groups in total. The summed E-state index contributed by atoms with van der Waals surface area (Å²) in [5.74, 6) is 0.0525. The first kappa shape index (κ1) is 27.3. The zero-order valence-electron chi connectivity index (χ0n) is 24.0. The number of aryl methyl sites for hydroxylation is 1. The fraction of sp³-hybridized carbons (Fsp3) is 0.469. The van der Waals surface area contributed by atoms with Crippen molar-refractivity contribution in [3.8, 4) is 17.3 Å². The predicted octanol–water partition coefficient (Wildman–Crippen LogP) is 5.30. The molecule has 5 heterocycles. The molecule has 7 rings (SSSR count). The third kappa shape index (κ3) is 4.55. The van der Waals surface area contributed by atoms with Crippen LogP contribution in [0.2, 0.25) is 0 Å². The lowest BCUT2D eigenvalue weighted by atomic mass is 9.95. The number of alkyl halides is 1. The number of rotatable bonds is 8. The number of halogens is 3. The van der Waals surface area contributed by atoms with Crippen molar-refractivity contribution in [3.63, 3.8) is 0 Å². The first-order valence-electron chi connectivity index (χ1n) is 14.9. The Kier molecular flexibility index (Phi) is 6.93. The molecule has 2 atom stereocenters. The fourth-order valence-corrected chi connectivity index (χ4v) is 7.14. The number of aromatic nitrogens is 3. The number of hydrogen-bond donors (Lipinski definition) is 1. The number of pyridine rings is 1. The van der Waals surface area contributed by atoms with Crippen LogP contribution in [-0.4, -0.2) is 77.9 Å². The van der Waals surface area contributed by atoms with Crippen molar-refractivity contribution in [3.05, 3.63) is 53.7 Å². The number of nitrogens with one attached hydrogen (secondary N) is 1. The molecule has 4 aromatic rings. The van der Waals surface area contributed by atoms with E-state index in [9.17, 15) is 8.78 Å². The van der Waals surface area contributed by atoms with Gasteiger partial charge in [-0.25, -0.2) is 13.2 Å². The number of anilines is 1. The number of ether oxygens (including phenoxy) is 1. The minimum Gasteiger partial charge on any atom is -0.461 e. The average Bonchev–Trinajstić information content (AvgIpc) is 3.49. The molecule has 0 radical (unpaired) electrons. The molecule has 10 heteroatoms. The first-order valence-corrected chi connectivity index (χ1v) is 14.9. The van der Waals surface area contributed by atoms with E-state index in [1.165, 1.54) is 6.07 Å². The maximum Gasteiger partial charge on any atom is 0.319 e. The summed E-state index contributed by atoms with van der Waals surface area (Å²) in [5.41, 5.74) is 0.855. The monoisotopic (exact) mass is 576 g/mol. The van der Waals surface area contributed by atoms with Crippen LogP contribution < -0.4 is 15.0 Å². The number of fused-ring (bicyclic) bond motifs is 3. The van der Waals surface area contributed by atoms with E-state index >= 15 is 4.39 Å². The highest BCUT2D eigenvalue weighted by molar-refractivity contribution is 6.00. The standard InChI is InChI=1S/C32H35F3N6O/c1-3-22-25(34)9-8-20-6-4-7-23(26(20)22)28-27(35)29-24(15-37-28)30(40(2)16-19-13-36-14-19)39-31(38-29)42-18-32-10-5-11-41(32)17-21(33)12-32/h4,6-9,15,19,21,36H,3,5,10-14,16-18H2,1-2H3/t21-,32+/m1/s1. The molecular formula is C32H35F3N6O. The Bertz CT molecular complexity index is 1660. The third-order valence-electron chi connectivity index (χ3n) is 9.34. The van der Waals surface area contributed by atoms with Crippen molar-refractivity contribution in [2.75, 3.05) is 51.3 Å². The molecule has 3 aliphatic heterocycles. The summed E-state index contributed by atoms with van der Waals surface area (Å²) >= 11 is 0. The van der Waals surface area contributed by atoms with Crippen LogP contribution in [0.5, 0.6) is 6.01 Å². The van der Waals surface area contributed by atoms with Gasteiger partial charge in [0.25, 0.3) is 0 Å². The van der Waals surface area contributed by atoms with Crippen molar-refractivity contribution in [1.29, 1.82) is 0 Å². The Balaban J connectivity index is 1.34. The van der Waals surface area contributed by atoms with Crippen LogP contribution in [0.4, 0.5) is 19.0 Å². The van der Waals surface area contributed by atoms with E-state index in [4.69, 9.17) is 9.72 Å². The van der Waals surface area contributed by atoms with Crippen molar-refractivity contribution < 1.29 is 17.9 Å². The van der Waals surface area contributed by atoms with Gasteiger partial charge in [-0.1, -0.05) is 31.2 Å². The minimum absolute atomic E-state index is 0.0638. The highest BCUT2D eigenvalue weighted by atomic mass is 19.1. The summed E-state index contributed by atoms with van der Waals surface area (Å²) < 4.78 is 52.0. The fourth-order valence-electron chi connectivity index (χ4n) is 7.14. The van der Waals surface area contributed by atoms with Gasteiger partial charge >= 0.3 is 6.01 Å². The van der Waals surface area contributed by atoms with Crippen molar-refractivity contribution in [2.24, 2.45) is 5.92 Å². The van der Waals surface area contributed by atoms with Gasteiger partial charge in [0.05, 0.1) is 10.9 Å². The molecule has 220 valence electrons. The molecule has 0 bridgehead atoms. The lowest BCUT2D eigenvalue weighted by Gasteiger charge is -2.32. The van der Waals surface area contributed by atoms with Gasteiger partial charge in [-0.2, -0.15) is 9.97 Å². The van der Waals surface area contributed by atoms with E-state index in [-0.39, 0.29) is 35.2 Å². The smallest absolute Gasteiger partial charge is 0.319 e. The second-order valence-electron chi connectivity index (χ2n) is 12.1. The summed E-state index contributed by atoms with van der Waals surface area (Å²) in [4.78, 5) is 18.1. The molecule has 2 aromatic carbocycles. The lowest BCUT2D eigenvalue weighted by molar-refractivity contribution is 0.107. The number of hydrogen-bond acceptors (Lipinski definition) is 7. The van der Waals surface area contributed by atoms with Gasteiger partial charge in [0, 0.05) is 57.3 Å². The van der Waals surface area contributed by atoms with Crippen LogP contribution in [-0.2, 0) is 6.42 Å². The third-order valence-corrected chi connectivity index (χ3v) is 9.34. The van der Waals surface area contributed by atoms with E-state index in [1.54, 1.807) is 18.3 Å². The predicted molar refractivity (Wildman–Crippen MR) is 158 cm³/mol. The van der Waals surface area contributed by atoms with E-state index < -0.39 is 12.0 Å². The molecule has 7 nitrogen and oxygen atoms in total. The van der Waals surface area contributed by atoms with Crippen LogP contribution in [0.1, 0.15) is 31.7 Å². The molecule has 0 spiro atoms. The van der Waals surface area contributed by atoms with E-state index in [0.717, 1.165) is 44.4 Å². The van der Waals surface area contributed by atoms with Crippen LogP contribution in [0.15, 0.2) is 36.5 Å². The molecular weight excluding hydrogens is 541 g/mol. The van der Waals surface area contributed by atoms with Gasteiger partial charge in [-0.3, -0.25) is 9.88 Å². The van der Waals surface area contributed by atoms with Crippen LogP contribution in [0.25, 0.3) is 32.9 Å². The Morgan fingerprint density at radius 3 is 2.81 bits per heavy atom. The quantitative estimate of drug-likeness (QED) is 0.306. The molecule has 3 saturated heterocycles. The van der Waals surface area contributed by atoms with Crippen LogP contribution >= 0.6 is 0 Å². The second kappa shape index (κ2) is 10.6. The maximum atomic E-state index is 16.6. The van der Waals surface area contributed by atoms with Gasteiger partial charge in [0.2, 0.25) is 0 Å². The van der Waals surface area contributed by atoms with Gasteiger partial charge in [0.1, 0.15) is 35.6 Å². The largest absolute Gasteiger partial charge is 0.461 e. The van der Waals surface area contributed by atoms with Crippen LogP contribution in [0.3, 0.4) is 0 Å². The minimum atomic E-state index is -0.881. The molecule has 42 heavy (non-hydrogen) atoms. The zero-order chi connectivity index (χ0) is 29.0. The lowest BCUT2D eigenvalue weighted by Crippen LogP contribution is -2.47. The Morgan fingerprint density at radius 1 is 1.17 bits per heavy atom. The van der Waals surface area contributed by atoms with Crippen LogP contribution in [0, 0.1) is 17.6 Å². The molecule has 0 saturated carbocycles. The summed E-state index contributed by atoms with van der Waals surface area (Å²) in [6, 6.07) is 8.71. The summed E-state index contributed by atoms with van der Waals surface area (Å²) in [7, 11) is 1.93. The molecule has 2 aromatic heterocycles. The summed E-state index contributed by atoms with van der Waals surface area (Å²) in [6.07, 6.45) is 3.44. The summed E-state index contributed by atoms with van der Waals surface area (Å²) in [6.45, 7) is 5.94. The van der Waals surface area contributed by atoms with E-state index in [0.29, 0.717) is 53.0 Å². The molecule has 0 amide bonds. The van der Waals surface area contributed by atoms with E-state index in [2.05, 4.69) is 20.2 Å². The van der Waals surface area contributed by atoms with Crippen molar-refractivity contribution >= 4 is 27.5 Å². The number of nitrogens with zero attached hydrogens (tertiary/aromatic N) is 5. The topological polar surface area (TPSA) is 66.4 Å². The second-order valence-corrected chi connectivity index (χ2v) is 12.1. The molecule has 3 aliphatic rings. The maximum absolute atomic E-state index is 16.6. The number of benzene rings is 2. The van der Waals surface area contributed by atoms with Gasteiger partial charge in [0.15, 0.2) is 5.82 Å². The molecule has 0 aliphatic carbocycles. The molecule has 3 fully saturated rings. The Morgan fingerprint density at radius 2 is 2.02 bits per heavy atom.